The van der Waals surface area contributed by atoms with Gasteiger partial charge in [-0.25, -0.2) is 0 Å². The molecule has 0 aliphatic carbocycles. The Morgan fingerprint density at radius 3 is 1.80 bits per heavy atom. The van der Waals surface area contributed by atoms with Gasteiger partial charge in [0.05, 0.1) is 11.4 Å². The van der Waals surface area contributed by atoms with E-state index in [0.29, 0.717) is 17.1 Å². The zero-order valence-electron chi connectivity index (χ0n) is 7.91. The molecule has 2 rings (SSSR count). The normalized spacial score (nSPS) is 9.60. The minimum atomic E-state index is 0.371. The second-order valence-electron chi connectivity index (χ2n) is 2.88. The van der Waals surface area contributed by atoms with Crippen LogP contribution in [0.25, 0.3) is 0 Å². The lowest BCUT2D eigenvalue weighted by Crippen LogP contribution is -2.07. The van der Waals surface area contributed by atoms with Gasteiger partial charge in [-0.15, -0.1) is 0 Å². The highest BCUT2D eigenvalue weighted by Gasteiger charge is 2.08. The fraction of sp³-hybridized carbons (Fsp3) is 0. The molecule has 2 aromatic rings. The molecule has 0 aliphatic rings. The average Bonchev–Trinajstić information content (AvgIpc) is 2.33. The molecule has 4 heteroatoms. The lowest BCUT2D eigenvalue weighted by molar-refractivity contribution is 0.319. The number of aromatic nitrogens is 2. The molecule has 0 saturated carbocycles. The smallest absolute Gasteiger partial charge is 0.153 e. The molecule has 1 N–H and O–H groups in total. The van der Waals surface area contributed by atoms with Crippen LogP contribution in [0.3, 0.4) is 0 Å². The summed E-state index contributed by atoms with van der Waals surface area (Å²) < 4.78 is 0. The van der Waals surface area contributed by atoms with Gasteiger partial charge in [0.2, 0.25) is 0 Å². The molecule has 0 radical (unpaired) electrons. The van der Waals surface area contributed by atoms with Crippen molar-refractivity contribution in [3.8, 4) is 0 Å². The van der Waals surface area contributed by atoms with Gasteiger partial charge in [-0.1, -0.05) is 17.3 Å². The standard InChI is InChI=1S/C11H9N3O/c15-14-11(9-5-1-3-7-12-9)10-6-2-4-8-13-10/h1-8,15H. The van der Waals surface area contributed by atoms with E-state index in [1.54, 1.807) is 36.7 Å². The van der Waals surface area contributed by atoms with Gasteiger partial charge < -0.3 is 5.21 Å². The van der Waals surface area contributed by atoms with Gasteiger partial charge in [-0.3, -0.25) is 9.97 Å². The first-order valence-corrected chi connectivity index (χ1v) is 4.46. The summed E-state index contributed by atoms with van der Waals surface area (Å²) in [4.78, 5) is 8.19. The Kier molecular flexibility index (Phi) is 2.69. The lowest BCUT2D eigenvalue weighted by atomic mass is 10.1. The van der Waals surface area contributed by atoms with Crippen molar-refractivity contribution in [2.75, 3.05) is 0 Å². The summed E-state index contributed by atoms with van der Waals surface area (Å²) in [5.41, 5.74) is 1.56. The topological polar surface area (TPSA) is 58.4 Å². The van der Waals surface area contributed by atoms with Crippen LogP contribution in [0.4, 0.5) is 0 Å². The van der Waals surface area contributed by atoms with Crippen LogP contribution in [0.5, 0.6) is 0 Å². The maximum absolute atomic E-state index is 8.94. The van der Waals surface area contributed by atoms with Crippen LogP contribution in [0.1, 0.15) is 11.4 Å². The van der Waals surface area contributed by atoms with Gasteiger partial charge in [-0.2, -0.15) is 0 Å². The summed E-state index contributed by atoms with van der Waals surface area (Å²) in [5, 5.41) is 12.2. The Labute approximate surface area is 86.9 Å². The molecule has 0 saturated heterocycles. The van der Waals surface area contributed by atoms with E-state index in [2.05, 4.69) is 15.1 Å². The number of pyridine rings is 2. The molecule has 0 aliphatic heterocycles. The molecular formula is C11H9N3O. The first kappa shape index (κ1) is 9.33. The minimum absolute atomic E-state index is 0.371. The quantitative estimate of drug-likeness (QED) is 0.455. The number of nitrogens with zero attached hydrogens (tertiary/aromatic N) is 3. The van der Waals surface area contributed by atoms with E-state index in [1.165, 1.54) is 0 Å². The van der Waals surface area contributed by atoms with E-state index in [0.717, 1.165) is 0 Å². The van der Waals surface area contributed by atoms with Crippen LogP contribution in [-0.4, -0.2) is 20.9 Å². The van der Waals surface area contributed by atoms with Crippen molar-refractivity contribution in [3.63, 3.8) is 0 Å². The van der Waals surface area contributed by atoms with E-state index >= 15 is 0 Å². The zero-order chi connectivity index (χ0) is 10.5. The van der Waals surface area contributed by atoms with Crippen molar-refractivity contribution in [2.45, 2.75) is 0 Å². The first-order chi connectivity index (χ1) is 7.42. The van der Waals surface area contributed by atoms with Crippen LogP contribution in [0, 0.1) is 0 Å². The summed E-state index contributed by atoms with van der Waals surface area (Å²) >= 11 is 0. The van der Waals surface area contributed by atoms with Crippen molar-refractivity contribution >= 4 is 5.71 Å². The van der Waals surface area contributed by atoms with Gasteiger partial charge in [0, 0.05) is 12.4 Å². The van der Waals surface area contributed by atoms with E-state index in [9.17, 15) is 0 Å². The Balaban J connectivity index is 2.44. The van der Waals surface area contributed by atoms with Crippen LogP contribution in [0.2, 0.25) is 0 Å². The van der Waals surface area contributed by atoms with Gasteiger partial charge in [-0.05, 0) is 24.3 Å². The average molecular weight is 199 g/mol. The summed E-state index contributed by atoms with van der Waals surface area (Å²) in [7, 11) is 0. The van der Waals surface area contributed by atoms with E-state index < -0.39 is 0 Å². The molecule has 2 heterocycles. The molecule has 0 unspecified atom stereocenters. The van der Waals surface area contributed by atoms with Gasteiger partial charge in [0.1, 0.15) is 0 Å². The first-order valence-electron chi connectivity index (χ1n) is 4.46. The molecule has 0 aromatic carbocycles. The molecule has 15 heavy (non-hydrogen) atoms. The molecule has 0 amide bonds. The molecule has 0 fully saturated rings. The highest BCUT2D eigenvalue weighted by Crippen LogP contribution is 2.04. The molecule has 0 spiro atoms. The second-order valence-corrected chi connectivity index (χ2v) is 2.88. The Bertz CT molecular complexity index is 412. The third-order valence-corrected chi connectivity index (χ3v) is 1.92. The molecule has 2 aromatic heterocycles. The molecule has 0 bridgehead atoms. The number of hydrogen-bond donors (Lipinski definition) is 1. The Morgan fingerprint density at radius 2 is 1.47 bits per heavy atom. The van der Waals surface area contributed by atoms with Crippen LogP contribution >= 0.6 is 0 Å². The molecule has 74 valence electrons. The number of hydrogen-bond acceptors (Lipinski definition) is 4. The fourth-order valence-electron chi connectivity index (χ4n) is 1.24. The highest BCUT2D eigenvalue weighted by molar-refractivity contribution is 6.09. The maximum Gasteiger partial charge on any atom is 0.153 e. The minimum Gasteiger partial charge on any atom is -0.410 e. The summed E-state index contributed by atoms with van der Waals surface area (Å²) in [6.07, 6.45) is 3.28. The third kappa shape index (κ3) is 1.99. The molecule has 0 atom stereocenters. The Morgan fingerprint density at radius 1 is 0.933 bits per heavy atom. The van der Waals surface area contributed by atoms with Gasteiger partial charge in [0.15, 0.2) is 5.71 Å². The van der Waals surface area contributed by atoms with Crippen molar-refractivity contribution in [2.24, 2.45) is 5.16 Å². The number of rotatable bonds is 2. The molecule has 4 nitrogen and oxygen atoms in total. The predicted molar refractivity (Wildman–Crippen MR) is 55.9 cm³/mol. The van der Waals surface area contributed by atoms with Crippen molar-refractivity contribution in [1.29, 1.82) is 0 Å². The SMILES string of the molecule is ON=C(c1ccccn1)c1ccccn1. The predicted octanol–water partition coefficient (Wildman–Crippen LogP) is 1.70. The van der Waals surface area contributed by atoms with Crippen LogP contribution in [-0.2, 0) is 0 Å². The summed E-state index contributed by atoms with van der Waals surface area (Å²) in [5.74, 6) is 0. The maximum atomic E-state index is 8.94. The monoisotopic (exact) mass is 199 g/mol. The third-order valence-electron chi connectivity index (χ3n) is 1.92. The summed E-state index contributed by atoms with van der Waals surface area (Å²) in [6.45, 7) is 0. The van der Waals surface area contributed by atoms with E-state index in [1.807, 2.05) is 12.1 Å². The van der Waals surface area contributed by atoms with E-state index in [4.69, 9.17) is 5.21 Å². The lowest BCUT2D eigenvalue weighted by Gasteiger charge is -2.01. The second kappa shape index (κ2) is 4.32. The number of oxime groups is 1. The molecular weight excluding hydrogens is 190 g/mol. The van der Waals surface area contributed by atoms with E-state index in [-0.39, 0.29) is 0 Å². The summed E-state index contributed by atoms with van der Waals surface area (Å²) in [6, 6.07) is 10.8. The van der Waals surface area contributed by atoms with Gasteiger partial charge in [0.25, 0.3) is 0 Å². The Hall–Kier alpha value is -2.23. The van der Waals surface area contributed by atoms with Crippen molar-refractivity contribution in [1.82, 2.24) is 9.97 Å². The van der Waals surface area contributed by atoms with Crippen LogP contribution < -0.4 is 0 Å². The van der Waals surface area contributed by atoms with Gasteiger partial charge >= 0.3 is 0 Å². The fourth-order valence-corrected chi connectivity index (χ4v) is 1.24. The van der Waals surface area contributed by atoms with Crippen molar-refractivity contribution in [3.05, 3.63) is 60.2 Å². The van der Waals surface area contributed by atoms with Crippen LogP contribution in [0.15, 0.2) is 53.9 Å². The largest absolute Gasteiger partial charge is 0.410 e. The van der Waals surface area contributed by atoms with Crippen molar-refractivity contribution < 1.29 is 5.21 Å². The zero-order valence-corrected chi connectivity index (χ0v) is 7.91. The highest BCUT2D eigenvalue weighted by atomic mass is 16.4.